The van der Waals surface area contributed by atoms with E-state index in [1.165, 1.54) is 44.6 Å². The summed E-state index contributed by atoms with van der Waals surface area (Å²) in [5.41, 5.74) is 0.567. The van der Waals surface area contributed by atoms with Crippen molar-refractivity contribution in [1.82, 2.24) is 5.32 Å². The van der Waals surface area contributed by atoms with Crippen molar-refractivity contribution in [1.29, 1.82) is 0 Å². The maximum absolute atomic E-state index is 12.3. The van der Waals surface area contributed by atoms with E-state index in [0.717, 1.165) is 18.2 Å². The summed E-state index contributed by atoms with van der Waals surface area (Å²) in [7, 11) is 0. The summed E-state index contributed by atoms with van der Waals surface area (Å²) in [4.78, 5) is 23.8. The first-order valence-electron chi connectivity index (χ1n) is 9.93. The Morgan fingerprint density at radius 3 is 2.41 bits per heavy atom. The number of rotatable bonds is 10. The molecule has 0 saturated carbocycles. The van der Waals surface area contributed by atoms with Gasteiger partial charge in [-0.3, -0.25) is 4.79 Å². The van der Waals surface area contributed by atoms with Crippen molar-refractivity contribution < 1.29 is 13.6 Å². The molecule has 3 rings (SSSR count). The van der Waals surface area contributed by atoms with Gasteiger partial charge in [-0.2, -0.15) is 0 Å². The van der Waals surface area contributed by atoms with Crippen LogP contribution in [0.3, 0.4) is 0 Å². The average Bonchev–Trinajstić information content (AvgIpc) is 3.11. The van der Waals surface area contributed by atoms with Crippen LogP contribution in [0, 0.1) is 0 Å². The van der Waals surface area contributed by atoms with Crippen molar-refractivity contribution in [3.63, 3.8) is 0 Å². The third kappa shape index (κ3) is 5.00. The minimum atomic E-state index is -0.420. The second kappa shape index (κ2) is 9.40. The van der Waals surface area contributed by atoms with Crippen molar-refractivity contribution in [2.45, 2.75) is 58.3 Å². The molecule has 144 valence electrons. The summed E-state index contributed by atoms with van der Waals surface area (Å²) in [6, 6.07) is 8.32. The Hall–Kier alpha value is -2.56. The summed E-state index contributed by atoms with van der Waals surface area (Å²) in [6.07, 6.45) is 9.82. The monoisotopic (exact) mass is 369 g/mol. The standard InChI is InChI=1S/C22H27NO4/c1-2-3-4-5-6-7-8-9-14-23-22(25)19-15-17-18(26-19)12-10-16-11-13-20(24)27-21(16)17/h10-13,15H,2-9,14H2,1H3,(H,23,25). The number of carbonyl (C=O) groups excluding carboxylic acids is 1. The largest absolute Gasteiger partial charge is 0.451 e. The van der Waals surface area contributed by atoms with Gasteiger partial charge in [0.25, 0.3) is 5.91 Å². The molecule has 2 heterocycles. The minimum Gasteiger partial charge on any atom is -0.451 e. The number of benzene rings is 1. The molecule has 5 heteroatoms. The molecule has 1 amide bonds. The van der Waals surface area contributed by atoms with E-state index in [1.807, 2.05) is 6.07 Å². The van der Waals surface area contributed by atoms with Gasteiger partial charge >= 0.3 is 5.63 Å². The topological polar surface area (TPSA) is 72.5 Å². The average molecular weight is 369 g/mol. The minimum absolute atomic E-state index is 0.236. The van der Waals surface area contributed by atoms with Crippen LogP contribution in [-0.2, 0) is 0 Å². The Bertz CT molecular complexity index is 954. The van der Waals surface area contributed by atoms with Crippen LogP contribution in [-0.4, -0.2) is 12.5 Å². The van der Waals surface area contributed by atoms with Crippen LogP contribution in [0.2, 0.25) is 0 Å². The molecule has 0 saturated heterocycles. The predicted octanol–water partition coefficient (Wildman–Crippen LogP) is 5.41. The zero-order valence-electron chi connectivity index (χ0n) is 15.9. The van der Waals surface area contributed by atoms with Crippen LogP contribution in [0.4, 0.5) is 0 Å². The number of hydrogen-bond donors (Lipinski definition) is 1. The van der Waals surface area contributed by atoms with Crippen LogP contribution in [0.15, 0.2) is 44.0 Å². The molecule has 1 N–H and O–H groups in total. The molecule has 0 aliphatic carbocycles. The summed E-state index contributed by atoms with van der Waals surface area (Å²) >= 11 is 0. The lowest BCUT2D eigenvalue weighted by Gasteiger charge is -2.03. The van der Waals surface area contributed by atoms with Gasteiger partial charge in [0.15, 0.2) is 5.76 Å². The quantitative estimate of drug-likeness (QED) is 0.383. The highest BCUT2D eigenvalue weighted by Gasteiger charge is 2.14. The highest BCUT2D eigenvalue weighted by Crippen LogP contribution is 2.27. The summed E-state index contributed by atoms with van der Waals surface area (Å²) in [5, 5.41) is 4.35. The lowest BCUT2D eigenvalue weighted by atomic mass is 10.1. The normalized spacial score (nSPS) is 11.3. The lowest BCUT2D eigenvalue weighted by Crippen LogP contribution is -2.23. The lowest BCUT2D eigenvalue weighted by molar-refractivity contribution is 0.0927. The number of unbranched alkanes of at least 4 members (excludes halogenated alkanes) is 7. The molecular weight excluding hydrogens is 342 g/mol. The molecule has 0 spiro atoms. The summed E-state index contributed by atoms with van der Waals surface area (Å²) < 4.78 is 10.9. The van der Waals surface area contributed by atoms with Gasteiger partial charge in [-0.1, -0.05) is 51.9 Å². The molecule has 0 atom stereocenters. The van der Waals surface area contributed by atoms with Crippen LogP contribution >= 0.6 is 0 Å². The highest BCUT2D eigenvalue weighted by molar-refractivity contribution is 6.05. The number of amides is 1. The molecule has 0 radical (unpaired) electrons. The van der Waals surface area contributed by atoms with E-state index < -0.39 is 5.63 Å². The summed E-state index contributed by atoms with van der Waals surface area (Å²) in [5.74, 6) is 0.00383. The van der Waals surface area contributed by atoms with Gasteiger partial charge in [0.1, 0.15) is 11.2 Å². The number of hydrogen-bond acceptors (Lipinski definition) is 4. The molecule has 2 aromatic heterocycles. The Morgan fingerprint density at radius 1 is 0.926 bits per heavy atom. The maximum atomic E-state index is 12.3. The van der Waals surface area contributed by atoms with Crippen molar-refractivity contribution in [2.75, 3.05) is 6.54 Å². The first-order valence-corrected chi connectivity index (χ1v) is 9.93. The van der Waals surface area contributed by atoms with Gasteiger partial charge in [0, 0.05) is 24.1 Å². The van der Waals surface area contributed by atoms with E-state index in [9.17, 15) is 9.59 Å². The Balaban J connectivity index is 1.52. The van der Waals surface area contributed by atoms with Gasteiger partial charge in [0.2, 0.25) is 0 Å². The smallest absolute Gasteiger partial charge is 0.336 e. The fourth-order valence-electron chi connectivity index (χ4n) is 3.30. The zero-order valence-corrected chi connectivity index (χ0v) is 15.9. The van der Waals surface area contributed by atoms with E-state index in [1.54, 1.807) is 18.2 Å². The molecule has 27 heavy (non-hydrogen) atoms. The molecule has 1 aromatic carbocycles. The third-order valence-electron chi connectivity index (χ3n) is 4.82. The van der Waals surface area contributed by atoms with Crippen molar-refractivity contribution in [2.24, 2.45) is 0 Å². The van der Waals surface area contributed by atoms with E-state index in [-0.39, 0.29) is 11.7 Å². The van der Waals surface area contributed by atoms with E-state index in [2.05, 4.69) is 12.2 Å². The van der Waals surface area contributed by atoms with E-state index >= 15 is 0 Å². The molecule has 0 aliphatic heterocycles. The zero-order chi connectivity index (χ0) is 19.1. The van der Waals surface area contributed by atoms with Gasteiger partial charge in [0.05, 0.1) is 5.39 Å². The molecular formula is C22H27NO4. The second-order valence-electron chi connectivity index (χ2n) is 6.99. The predicted molar refractivity (Wildman–Crippen MR) is 107 cm³/mol. The number of furan rings is 1. The van der Waals surface area contributed by atoms with Gasteiger partial charge < -0.3 is 14.2 Å². The van der Waals surface area contributed by atoms with Crippen molar-refractivity contribution in [3.05, 3.63) is 46.5 Å². The fourth-order valence-corrected chi connectivity index (χ4v) is 3.30. The second-order valence-corrected chi connectivity index (χ2v) is 6.99. The molecule has 5 nitrogen and oxygen atoms in total. The molecule has 0 bridgehead atoms. The summed E-state index contributed by atoms with van der Waals surface area (Å²) in [6.45, 7) is 2.86. The first kappa shape index (κ1) is 19.2. The van der Waals surface area contributed by atoms with Crippen LogP contribution in [0.5, 0.6) is 0 Å². The Kier molecular flexibility index (Phi) is 6.69. The Labute approximate surface area is 158 Å². The van der Waals surface area contributed by atoms with Crippen molar-refractivity contribution >= 4 is 27.8 Å². The van der Waals surface area contributed by atoms with E-state index in [0.29, 0.717) is 23.1 Å². The first-order chi connectivity index (χ1) is 13.2. The number of nitrogens with one attached hydrogen (secondary N) is 1. The van der Waals surface area contributed by atoms with Crippen LogP contribution in [0.25, 0.3) is 21.9 Å². The van der Waals surface area contributed by atoms with Crippen LogP contribution < -0.4 is 10.9 Å². The molecule has 0 unspecified atom stereocenters. The van der Waals surface area contributed by atoms with Gasteiger partial charge in [-0.05, 0) is 24.6 Å². The van der Waals surface area contributed by atoms with Gasteiger partial charge in [-0.15, -0.1) is 0 Å². The third-order valence-corrected chi connectivity index (χ3v) is 4.82. The van der Waals surface area contributed by atoms with E-state index in [4.69, 9.17) is 8.83 Å². The molecule has 0 aliphatic rings. The highest BCUT2D eigenvalue weighted by atomic mass is 16.4. The number of fused-ring (bicyclic) bond motifs is 3. The fraction of sp³-hybridized carbons (Fsp3) is 0.455. The van der Waals surface area contributed by atoms with Crippen LogP contribution in [0.1, 0.15) is 68.8 Å². The molecule has 3 aromatic rings. The molecule has 0 fully saturated rings. The van der Waals surface area contributed by atoms with Crippen molar-refractivity contribution in [3.8, 4) is 0 Å². The Morgan fingerprint density at radius 2 is 1.63 bits per heavy atom. The number of carbonyl (C=O) groups is 1. The maximum Gasteiger partial charge on any atom is 0.336 e. The van der Waals surface area contributed by atoms with Gasteiger partial charge in [-0.25, -0.2) is 4.79 Å². The SMILES string of the molecule is CCCCCCCCCCNC(=O)c1cc2c(ccc3ccc(=O)oc32)o1.